The summed E-state index contributed by atoms with van der Waals surface area (Å²) in [7, 11) is 0. The second-order valence-electron chi connectivity index (χ2n) is 2.75. The van der Waals surface area contributed by atoms with Crippen molar-refractivity contribution in [1.82, 2.24) is 5.32 Å². The molecule has 0 aromatic carbocycles. The Balaban J connectivity index is 2.08. The summed E-state index contributed by atoms with van der Waals surface area (Å²) in [6, 6.07) is 0. The quantitative estimate of drug-likeness (QED) is 0.599. The van der Waals surface area contributed by atoms with E-state index in [4.69, 9.17) is 0 Å². The van der Waals surface area contributed by atoms with Gasteiger partial charge >= 0.3 is 0 Å². The highest BCUT2D eigenvalue weighted by molar-refractivity contribution is 4.80. The molecular formula is C7H14NO. The Morgan fingerprint density at radius 2 is 2.33 bits per heavy atom. The summed E-state index contributed by atoms with van der Waals surface area (Å²) in [6.45, 7) is 3.97. The van der Waals surface area contributed by atoms with Crippen LogP contribution in [0.1, 0.15) is 19.8 Å². The van der Waals surface area contributed by atoms with Crippen molar-refractivity contribution in [1.29, 1.82) is 0 Å². The van der Waals surface area contributed by atoms with Crippen molar-refractivity contribution in [2.24, 2.45) is 5.92 Å². The van der Waals surface area contributed by atoms with Crippen molar-refractivity contribution in [2.75, 3.05) is 13.1 Å². The minimum absolute atomic E-state index is 0.295. The molecule has 1 radical (unpaired) electrons. The summed E-state index contributed by atoms with van der Waals surface area (Å²) < 4.78 is 0. The Kier molecular flexibility index (Phi) is 2.49. The molecule has 1 atom stereocenters. The molecule has 1 saturated heterocycles. The minimum Gasteiger partial charge on any atom is -0.316 e. The first kappa shape index (κ1) is 7.03. The maximum atomic E-state index is 11.1. The molecule has 0 aromatic heterocycles. The largest absolute Gasteiger partial charge is 0.316 e. The Morgan fingerprint density at radius 1 is 1.67 bits per heavy atom. The molecule has 1 N–H and O–H groups in total. The molecular weight excluding hydrogens is 114 g/mol. The van der Waals surface area contributed by atoms with Crippen molar-refractivity contribution in [2.45, 2.75) is 25.9 Å². The van der Waals surface area contributed by atoms with Gasteiger partial charge in [-0.2, -0.15) is 0 Å². The summed E-state index contributed by atoms with van der Waals surface area (Å²) in [4.78, 5) is 0. The van der Waals surface area contributed by atoms with Crippen molar-refractivity contribution < 1.29 is 5.11 Å². The van der Waals surface area contributed by atoms with Gasteiger partial charge in [0.1, 0.15) is 0 Å². The zero-order chi connectivity index (χ0) is 6.69. The fourth-order valence-electron chi connectivity index (χ4n) is 1.09. The summed E-state index contributed by atoms with van der Waals surface area (Å²) in [5, 5.41) is 14.2. The van der Waals surface area contributed by atoms with Gasteiger partial charge in [-0.3, -0.25) is 0 Å². The molecule has 1 unspecified atom stereocenters. The smallest absolute Gasteiger partial charge is 0.0982 e. The summed E-state index contributed by atoms with van der Waals surface area (Å²) in [6.07, 6.45) is 1.59. The molecule has 2 nitrogen and oxygen atoms in total. The number of hydrogen-bond acceptors (Lipinski definition) is 1. The third-order valence-corrected chi connectivity index (χ3v) is 1.91. The zero-order valence-electron chi connectivity index (χ0n) is 5.89. The molecule has 9 heavy (non-hydrogen) atoms. The van der Waals surface area contributed by atoms with Crippen LogP contribution in [-0.4, -0.2) is 19.2 Å². The van der Waals surface area contributed by atoms with Crippen LogP contribution in [0.15, 0.2) is 0 Å². The van der Waals surface area contributed by atoms with Gasteiger partial charge in [0.2, 0.25) is 0 Å². The van der Waals surface area contributed by atoms with E-state index in [9.17, 15) is 5.11 Å². The minimum atomic E-state index is -0.295. The van der Waals surface area contributed by atoms with Gasteiger partial charge in [0.15, 0.2) is 0 Å². The summed E-state index contributed by atoms with van der Waals surface area (Å²) >= 11 is 0. The molecule has 0 aliphatic carbocycles. The van der Waals surface area contributed by atoms with Crippen LogP contribution in [0.25, 0.3) is 0 Å². The Bertz CT molecular complexity index is 81.0. The van der Waals surface area contributed by atoms with Gasteiger partial charge < -0.3 is 5.32 Å². The molecule has 1 aliphatic rings. The van der Waals surface area contributed by atoms with Crippen molar-refractivity contribution in [3.05, 3.63) is 0 Å². The van der Waals surface area contributed by atoms with Crippen LogP contribution in [-0.2, 0) is 5.11 Å². The second-order valence-corrected chi connectivity index (χ2v) is 2.75. The van der Waals surface area contributed by atoms with Gasteiger partial charge in [-0.05, 0) is 6.42 Å². The van der Waals surface area contributed by atoms with E-state index in [-0.39, 0.29) is 6.10 Å². The highest BCUT2D eigenvalue weighted by atomic mass is 16.3. The SMILES string of the molecule is CCCC([O])C1CNC1. The van der Waals surface area contributed by atoms with Gasteiger partial charge in [-0.25, -0.2) is 5.11 Å². The molecule has 0 amide bonds. The lowest BCUT2D eigenvalue weighted by Gasteiger charge is -2.29. The van der Waals surface area contributed by atoms with Gasteiger partial charge in [0, 0.05) is 19.0 Å². The molecule has 1 fully saturated rings. The molecule has 53 valence electrons. The highest BCUT2D eigenvalue weighted by Crippen LogP contribution is 2.13. The molecule has 0 saturated carbocycles. The number of rotatable bonds is 3. The first-order chi connectivity index (χ1) is 4.34. The van der Waals surface area contributed by atoms with Crippen molar-refractivity contribution >= 4 is 0 Å². The van der Waals surface area contributed by atoms with E-state index in [0.717, 1.165) is 25.9 Å². The lowest BCUT2D eigenvalue weighted by atomic mass is 9.93. The summed E-state index contributed by atoms with van der Waals surface area (Å²) in [5.41, 5.74) is 0. The molecule has 0 spiro atoms. The van der Waals surface area contributed by atoms with E-state index in [0.29, 0.717) is 5.92 Å². The fourth-order valence-corrected chi connectivity index (χ4v) is 1.09. The molecule has 0 aromatic rings. The van der Waals surface area contributed by atoms with Gasteiger partial charge in [0.05, 0.1) is 6.10 Å². The Hall–Kier alpha value is -0.0800. The third-order valence-electron chi connectivity index (χ3n) is 1.91. The maximum Gasteiger partial charge on any atom is 0.0982 e. The van der Waals surface area contributed by atoms with Crippen molar-refractivity contribution in [3.8, 4) is 0 Å². The monoisotopic (exact) mass is 128 g/mol. The summed E-state index contributed by atoms with van der Waals surface area (Å²) in [5.74, 6) is 0.435. The second kappa shape index (κ2) is 3.18. The van der Waals surface area contributed by atoms with Gasteiger partial charge in [0.25, 0.3) is 0 Å². The van der Waals surface area contributed by atoms with Crippen LogP contribution in [0, 0.1) is 5.92 Å². The predicted octanol–water partition coefficient (Wildman–Crippen LogP) is 0.805. The lowest BCUT2D eigenvalue weighted by molar-refractivity contribution is 0.00892. The van der Waals surface area contributed by atoms with Crippen LogP contribution < -0.4 is 5.32 Å². The average Bonchev–Trinajstić information content (AvgIpc) is 1.60. The van der Waals surface area contributed by atoms with E-state index in [2.05, 4.69) is 12.2 Å². The number of hydrogen-bond donors (Lipinski definition) is 1. The van der Waals surface area contributed by atoms with E-state index in [1.807, 2.05) is 0 Å². The average molecular weight is 128 g/mol. The van der Waals surface area contributed by atoms with Gasteiger partial charge in [-0.1, -0.05) is 13.3 Å². The van der Waals surface area contributed by atoms with Crippen LogP contribution in [0.4, 0.5) is 0 Å². The zero-order valence-corrected chi connectivity index (χ0v) is 5.89. The highest BCUT2D eigenvalue weighted by Gasteiger charge is 2.25. The molecule has 1 aliphatic heterocycles. The predicted molar refractivity (Wildman–Crippen MR) is 35.7 cm³/mol. The first-order valence-corrected chi connectivity index (χ1v) is 3.71. The van der Waals surface area contributed by atoms with Crippen LogP contribution in [0.2, 0.25) is 0 Å². The first-order valence-electron chi connectivity index (χ1n) is 3.71. The normalized spacial score (nSPS) is 23.3. The fraction of sp³-hybridized carbons (Fsp3) is 1.00. The molecule has 0 bridgehead atoms. The number of nitrogens with one attached hydrogen (secondary N) is 1. The molecule has 1 rings (SSSR count). The van der Waals surface area contributed by atoms with E-state index >= 15 is 0 Å². The van der Waals surface area contributed by atoms with E-state index in [1.165, 1.54) is 0 Å². The van der Waals surface area contributed by atoms with Crippen molar-refractivity contribution in [3.63, 3.8) is 0 Å². The lowest BCUT2D eigenvalue weighted by Crippen LogP contribution is -2.47. The van der Waals surface area contributed by atoms with E-state index in [1.54, 1.807) is 0 Å². The maximum absolute atomic E-state index is 11.1. The van der Waals surface area contributed by atoms with Crippen LogP contribution in [0.5, 0.6) is 0 Å². The van der Waals surface area contributed by atoms with Crippen LogP contribution >= 0.6 is 0 Å². The third kappa shape index (κ3) is 1.66. The molecule has 1 heterocycles. The van der Waals surface area contributed by atoms with Gasteiger partial charge in [-0.15, -0.1) is 0 Å². The van der Waals surface area contributed by atoms with E-state index < -0.39 is 0 Å². The Morgan fingerprint density at radius 3 is 2.67 bits per heavy atom. The van der Waals surface area contributed by atoms with Crippen LogP contribution in [0.3, 0.4) is 0 Å². The standard InChI is InChI=1S/C7H14NO/c1-2-3-7(9)6-4-8-5-6/h6-8H,2-5H2,1H3. The molecule has 2 heteroatoms. The topological polar surface area (TPSA) is 31.9 Å². The Labute approximate surface area is 56.3 Å².